The third kappa shape index (κ3) is 6.12. The number of unbranched alkanes of at least 4 members (excludes halogenated alkanes) is 2. The zero-order chi connectivity index (χ0) is 19.9. The van der Waals surface area contributed by atoms with Crippen LogP contribution in [0.5, 0.6) is 0 Å². The number of thiocarbonyl (C=S) groups is 1. The third-order valence-corrected chi connectivity index (χ3v) is 6.96. The van der Waals surface area contributed by atoms with Crippen molar-refractivity contribution in [3.05, 3.63) is 27.3 Å². The Hall–Kier alpha value is -1.26. The van der Waals surface area contributed by atoms with Crippen LogP contribution >= 0.6 is 35.3 Å². The molecule has 1 N–H and O–H groups in total. The minimum absolute atomic E-state index is 0.00351. The minimum atomic E-state index is -0.00351. The van der Waals surface area contributed by atoms with Gasteiger partial charge in [-0.05, 0) is 37.4 Å². The van der Waals surface area contributed by atoms with Gasteiger partial charge in [0.1, 0.15) is 4.32 Å². The fourth-order valence-electron chi connectivity index (χ4n) is 3.08. The van der Waals surface area contributed by atoms with E-state index in [-0.39, 0.29) is 11.8 Å². The fourth-order valence-corrected chi connectivity index (χ4v) is 5.11. The maximum atomic E-state index is 12.5. The van der Waals surface area contributed by atoms with E-state index >= 15 is 0 Å². The average molecular weight is 439 g/mol. The molecule has 0 aliphatic carbocycles. The Morgan fingerprint density at radius 1 is 1.25 bits per heavy atom. The van der Waals surface area contributed by atoms with Gasteiger partial charge in [0.2, 0.25) is 5.91 Å². The summed E-state index contributed by atoms with van der Waals surface area (Å²) < 4.78 is 0.626. The summed E-state index contributed by atoms with van der Waals surface area (Å²) in [4.78, 5) is 30.3. The molecule has 152 valence electrons. The molecule has 6 nitrogen and oxygen atoms in total. The number of amides is 2. The van der Waals surface area contributed by atoms with E-state index in [9.17, 15) is 9.59 Å². The Morgan fingerprint density at radius 2 is 2.04 bits per heavy atom. The summed E-state index contributed by atoms with van der Waals surface area (Å²) in [7, 11) is 2.09. The van der Waals surface area contributed by atoms with Gasteiger partial charge in [-0.1, -0.05) is 36.5 Å². The molecule has 2 aliphatic heterocycles. The lowest BCUT2D eigenvalue weighted by Crippen LogP contribution is -2.52. The molecule has 3 heterocycles. The van der Waals surface area contributed by atoms with Crippen molar-refractivity contribution in [3.63, 3.8) is 0 Å². The molecule has 0 unspecified atom stereocenters. The van der Waals surface area contributed by atoms with Gasteiger partial charge >= 0.3 is 0 Å². The summed E-state index contributed by atoms with van der Waals surface area (Å²) in [5.74, 6) is 0.0743. The number of nitrogens with zero attached hydrogens (tertiary/aromatic N) is 3. The van der Waals surface area contributed by atoms with Crippen LogP contribution in [0.15, 0.2) is 22.4 Å². The average Bonchev–Trinajstić information content (AvgIpc) is 3.27. The maximum absolute atomic E-state index is 12.5. The Morgan fingerprint density at radius 3 is 2.75 bits per heavy atom. The minimum Gasteiger partial charge on any atom is -0.304 e. The molecule has 0 atom stereocenters. The van der Waals surface area contributed by atoms with Gasteiger partial charge in [-0.25, -0.2) is 5.01 Å². The van der Waals surface area contributed by atoms with Crippen molar-refractivity contribution < 1.29 is 9.59 Å². The number of hydrazine groups is 1. The summed E-state index contributed by atoms with van der Waals surface area (Å²) in [5.41, 5.74) is 2.98. The van der Waals surface area contributed by atoms with Crippen molar-refractivity contribution in [3.8, 4) is 0 Å². The molecule has 2 amide bonds. The second-order valence-corrected chi connectivity index (χ2v) is 9.64. The van der Waals surface area contributed by atoms with Gasteiger partial charge in [-0.15, -0.1) is 11.3 Å². The first kappa shape index (κ1) is 21.4. The quantitative estimate of drug-likeness (QED) is 0.383. The SMILES string of the molecule is CN1CCN(NC(=O)CCCCCN2C(=O)/C(=C\c3cccs3)SC2=S)CC1. The smallest absolute Gasteiger partial charge is 0.266 e. The number of hydrogen-bond donors (Lipinski definition) is 1. The van der Waals surface area contributed by atoms with Crippen molar-refractivity contribution >= 4 is 57.5 Å². The van der Waals surface area contributed by atoms with Crippen LogP contribution in [0.2, 0.25) is 0 Å². The molecule has 0 spiro atoms. The number of rotatable bonds is 8. The zero-order valence-electron chi connectivity index (χ0n) is 16.1. The number of thioether (sulfide) groups is 1. The molecular formula is C19H26N4O2S3. The van der Waals surface area contributed by atoms with E-state index < -0.39 is 0 Å². The summed E-state index contributed by atoms with van der Waals surface area (Å²) in [6.45, 7) is 4.31. The van der Waals surface area contributed by atoms with Crippen molar-refractivity contribution in [1.29, 1.82) is 0 Å². The van der Waals surface area contributed by atoms with Crippen LogP contribution < -0.4 is 5.43 Å². The Balaban J connectivity index is 1.33. The Bertz CT molecular complexity index is 728. The van der Waals surface area contributed by atoms with E-state index in [1.54, 1.807) is 16.2 Å². The summed E-state index contributed by atoms with van der Waals surface area (Å²) in [5, 5.41) is 3.99. The van der Waals surface area contributed by atoms with Crippen molar-refractivity contribution in [2.24, 2.45) is 0 Å². The molecule has 2 aliphatic rings. The van der Waals surface area contributed by atoms with Crippen LogP contribution in [-0.2, 0) is 9.59 Å². The van der Waals surface area contributed by atoms with Gasteiger partial charge in [-0.3, -0.25) is 19.9 Å². The predicted octanol–water partition coefficient (Wildman–Crippen LogP) is 2.79. The molecular weight excluding hydrogens is 412 g/mol. The van der Waals surface area contributed by atoms with Crippen LogP contribution in [0.4, 0.5) is 0 Å². The van der Waals surface area contributed by atoms with Crippen LogP contribution in [0, 0.1) is 0 Å². The molecule has 9 heteroatoms. The van der Waals surface area contributed by atoms with Crippen LogP contribution in [0.1, 0.15) is 30.6 Å². The first-order chi connectivity index (χ1) is 13.5. The highest BCUT2D eigenvalue weighted by Gasteiger charge is 2.31. The van der Waals surface area contributed by atoms with E-state index in [4.69, 9.17) is 12.2 Å². The number of piperazine rings is 1. The van der Waals surface area contributed by atoms with Gasteiger partial charge in [0.25, 0.3) is 5.91 Å². The zero-order valence-corrected chi connectivity index (χ0v) is 18.5. The van der Waals surface area contributed by atoms with E-state index in [1.165, 1.54) is 11.8 Å². The van der Waals surface area contributed by atoms with Gasteiger partial charge in [-0.2, -0.15) is 0 Å². The molecule has 0 aromatic carbocycles. The molecule has 3 rings (SSSR count). The molecule has 1 aromatic rings. The van der Waals surface area contributed by atoms with Gasteiger partial charge in [0.05, 0.1) is 4.91 Å². The highest BCUT2D eigenvalue weighted by molar-refractivity contribution is 8.26. The van der Waals surface area contributed by atoms with E-state index in [2.05, 4.69) is 17.4 Å². The third-order valence-electron chi connectivity index (χ3n) is 4.76. The molecule has 0 radical (unpaired) electrons. The predicted molar refractivity (Wildman–Crippen MR) is 120 cm³/mol. The second kappa shape index (κ2) is 10.5. The largest absolute Gasteiger partial charge is 0.304 e. The van der Waals surface area contributed by atoms with E-state index in [0.29, 0.717) is 22.2 Å². The van der Waals surface area contributed by atoms with E-state index in [0.717, 1.165) is 50.3 Å². The summed E-state index contributed by atoms with van der Waals surface area (Å²) in [6.07, 6.45) is 4.99. The molecule has 28 heavy (non-hydrogen) atoms. The van der Waals surface area contributed by atoms with E-state index in [1.807, 2.05) is 28.6 Å². The second-order valence-electron chi connectivity index (χ2n) is 6.98. The number of carbonyl (C=O) groups is 2. The van der Waals surface area contributed by atoms with Gasteiger partial charge in [0.15, 0.2) is 0 Å². The first-order valence-electron chi connectivity index (χ1n) is 9.55. The van der Waals surface area contributed by atoms with Crippen LogP contribution in [0.3, 0.4) is 0 Å². The number of hydrogen-bond acceptors (Lipinski definition) is 7. The highest BCUT2D eigenvalue weighted by atomic mass is 32.2. The van der Waals surface area contributed by atoms with Crippen LogP contribution in [-0.4, -0.2) is 70.7 Å². The number of thiophene rings is 1. The van der Waals surface area contributed by atoms with Crippen LogP contribution in [0.25, 0.3) is 6.08 Å². The molecule has 0 bridgehead atoms. The fraction of sp³-hybridized carbons (Fsp3) is 0.526. The van der Waals surface area contributed by atoms with Gasteiger partial charge in [0, 0.05) is 44.0 Å². The number of likely N-dealkylation sites (N-methyl/N-ethyl adjacent to an activating group) is 1. The van der Waals surface area contributed by atoms with Crippen molar-refractivity contribution in [1.82, 2.24) is 20.2 Å². The lowest BCUT2D eigenvalue weighted by molar-refractivity contribution is -0.127. The molecule has 1 aromatic heterocycles. The summed E-state index contributed by atoms with van der Waals surface area (Å²) >= 11 is 8.34. The topological polar surface area (TPSA) is 55.9 Å². The lowest BCUT2D eigenvalue weighted by atomic mass is 10.2. The molecule has 0 saturated carbocycles. The normalized spacial score (nSPS) is 20.3. The maximum Gasteiger partial charge on any atom is 0.266 e. The summed E-state index contributed by atoms with van der Waals surface area (Å²) in [6, 6.07) is 3.96. The Kier molecular flexibility index (Phi) is 8.04. The lowest BCUT2D eigenvalue weighted by Gasteiger charge is -2.32. The van der Waals surface area contributed by atoms with Crippen molar-refractivity contribution in [2.75, 3.05) is 39.8 Å². The monoisotopic (exact) mass is 438 g/mol. The highest BCUT2D eigenvalue weighted by Crippen LogP contribution is 2.33. The van der Waals surface area contributed by atoms with Crippen molar-refractivity contribution in [2.45, 2.75) is 25.7 Å². The van der Waals surface area contributed by atoms with Gasteiger partial charge < -0.3 is 4.90 Å². The first-order valence-corrected chi connectivity index (χ1v) is 11.7. The molecule has 2 saturated heterocycles. The standard InChI is InChI=1S/C19H26N4O2S3/c1-21-9-11-22(12-10-21)20-17(24)7-3-2-4-8-23-18(25)16(28-19(23)26)14-15-6-5-13-27-15/h5-6,13-14H,2-4,7-12H2,1H3,(H,20,24)/b16-14+. The number of carbonyl (C=O) groups excluding carboxylic acids is 2. The number of nitrogens with one attached hydrogen (secondary N) is 1. The molecule has 2 fully saturated rings. The Labute approximate surface area is 179 Å².